The topological polar surface area (TPSA) is 602 Å². The zero-order valence-corrected chi connectivity index (χ0v) is 81.8. The van der Waals surface area contributed by atoms with Gasteiger partial charge in [0, 0.05) is 24.2 Å². The average Bonchev–Trinajstić information content (AvgIpc) is 1.66. The van der Waals surface area contributed by atoms with Crippen molar-refractivity contribution in [3.63, 3.8) is 0 Å². The number of benzene rings is 4. The lowest BCUT2D eigenvalue weighted by Crippen LogP contribution is -2.23. The molecule has 4 unspecified atom stereocenters. The highest BCUT2D eigenvalue weighted by molar-refractivity contribution is 8.01. The van der Waals surface area contributed by atoms with Crippen LogP contribution in [-0.2, 0) is 28.7 Å². The molecule has 4 atom stereocenters. The number of nitrogens with two attached hydrogens (primary N) is 2. The SMILES string of the molecule is CC(C)n1ncc2c(=O)[nH]c(=S)[nH]c21.CC(Sc1nc2c(cnn2C(C)C)c(=O)[nH]1)C(N)=O.COC(=O)C(C)Sc1nc2c(cnn2-c2cccc(C)c2)c(=O)[nH]1.COC(=O)C(C)Sc1nc2c(cnn2C(C)C)c(=O)[nH]1.COc1cccc(-n2ncc3c(=O)[nH]c(=S)[nH]c32)c1.Cc1cccc(-n2ncc3c(=O)[nH]c(=S)[nH]c32)c1.Cc1cccc(-n2ncc3c(=O)[nH]c(SC(C)C(N)=O)nc32)c1. The van der Waals surface area contributed by atoms with E-state index in [1.54, 1.807) is 73.8 Å². The molecule has 14 N–H and O–H groups in total. The van der Waals surface area contributed by atoms with E-state index in [1.165, 1.54) is 51.4 Å². The normalized spacial score (nSPS) is 12.0. The van der Waals surface area contributed by atoms with Gasteiger partial charge < -0.3 is 60.6 Å². The number of ether oxygens (including phenoxy) is 3. The summed E-state index contributed by atoms with van der Waals surface area (Å²) in [6.07, 6.45) is 10.5. The molecule has 137 heavy (non-hydrogen) atoms. The van der Waals surface area contributed by atoms with E-state index in [-0.39, 0.29) is 73.8 Å². The standard InChI is InChI=1S/C16H16N4O3S.C15H15N5O2S.C12H16N4O3S.C12H10N4O2S.C12H10N4OS.C11H15N5O2S.C8H10N4OS/c1-9-5-4-6-11(7-9)20-13-12(8-17-20)14(21)19-16(18-13)24-10(2)15(22)23-3;1-8-4-3-5-10(6-8)20-13-11(7-17-20)14(22)19-15(18-13)23-9(2)12(16)21;1-6(2)16-9-8(5-13-16)10(17)15-12(14-9)20-7(3)11(18)19-4;1-18-8-4-2-3-7(5-8)16-10-9(6-13-16)11(17)15-12(19)14-10;1-7-3-2-4-8(5-7)16-10-9(6-13-16)11(17)15-12(18)14-10;1-5(2)16-9-7(4-13-16)10(18)15-11(14-9)19-6(3)8(12)17;1-4(2)12-6-5(3-9-12)7(13)11-8(14)10-6/h4-8,10H,1-3H3,(H,18,19,21);3-7,9H,1-2H3,(H2,16,21)(H,18,19,22);5-7H,1-4H3,(H,14,15,17);2-6H,1H3,(H2,14,15,17,19);2-6H,1H3,(H2,14,15,17,18);4-6H,1-3H3,(H2,12,17)(H,14,15,18);3-4H,1-2H3,(H2,10,11,13,14). The maximum absolute atomic E-state index is 12.3. The van der Waals surface area contributed by atoms with Crippen LogP contribution in [0.5, 0.6) is 5.75 Å². The number of carbonyl (C=O) groups is 4. The summed E-state index contributed by atoms with van der Waals surface area (Å²) in [6, 6.07) is 31.1. The fourth-order valence-electron chi connectivity index (χ4n) is 12.9. The van der Waals surface area contributed by atoms with Gasteiger partial charge in [-0.1, -0.05) is 89.5 Å². The number of carbonyl (C=O) groups excluding carboxylic acids is 4. The Balaban J connectivity index is 0.000000144. The molecule has 0 aliphatic carbocycles. The zero-order valence-electron chi connectivity index (χ0n) is 76.1. The first-order chi connectivity index (χ1) is 65.2. The lowest BCUT2D eigenvalue weighted by molar-refractivity contribution is -0.140. The van der Waals surface area contributed by atoms with E-state index in [9.17, 15) is 52.7 Å². The fraction of sp³-hybridized carbons (Fsp3) is 0.267. The van der Waals surface area contributed by atoms with Crippen molar-refractivity contribution in [2.75, 3.05) is 21.3 Å². The van der Waals surface area contributed by atoms with Crippen LogP contribution in [0.1, 0.15) is 104 Å². The molecule has 0 aliphatic heterocycles. The molecular formula is C86H92N30O14S7. The number of fused-ring (bicyclic) bond motifs is 7. The van der Waals surface area contributed by atoms with E-state index in [4.69, 9.17) is 57.6 Å². The Morgan fingerprint density at radius 2 is 0.599 bits per heavy atom. The third-order valence-corrected chi connectivity index (χ3v) is 24.2. The number of nitrogens with zero attached hydrogens (tertiary/aromatic N) is 18. The van der Waals surface area contributed by atoms with Crippen LogP contribution < -0.4 is 55.1 Å². The molecule has 0 radical (unpaired) electrons. The molecule has 18 rings (SSSR count). The van der Waals surface area contributed by atoms with Crippen LogP contribution in [0.3, 0.4) is 0 Å². The molecule has 4 aromatic carbocycles. The molecule has 51 heteroatoms. The van der Waals surface area contributed by atoms with Crippen LogP contribution in [0.2, 0.25) is 0 Å². The van der Waals surface area contributed by atoms with Crippen LogP contribution in [-0.4, -0.2) is 204 Å². The second-order valence-electron chi connectivity index (χ2n) is 30.8. The van der Waals surface area contributed by atoms with Gasteiger partial charge in [-0.25, -0.2) is 52.7 Å². The molecule has 0 fully saturated rings. The van der Waals surface area contributed by atoms with E-state index in [0.717, 1.165) is 86.5 Å². The number of aryl methyl sites for hydroxylation is 3. The highest BCUT2D eigenvalue weighted by atomic mass is 32.2. The molecule has 14 heterocycles. The van der Waals surface area contributed by atoms with E-state index >= 15 is 0 Å². The van der Waals surface area contributed by atoms with Gasteiger partial charge in [-0.05, 0) is 192 Å². The number of hydrogen-bond acceptors (Lipinski definition) is 32. The van der Waals surface area contributed by atoms with Crippen molar-refractivity contribution < 1.29 is 33.4 Å². The highest BCUT2D eigenvalue weighted by Gasteiger charge is 2.24. The molecule has 2 amide bonds. The average molecular weight is 1990 g/mol. The number of hydrogen-bond donors (Lipinski definition) is 12. The second kappa shape index (κ2) is 44.5. The summed E-state index contributed by atoms with van der Waals surface area (Å²) in [6.45, 7) is 24.5. The number of methoxy groups -OCH3 is 3. The van der Waals surface area contributed by atoms with Crippen LogP contribution in [0.4, 0.5) is 0 Å². The Bertz CT molecular complexity index is 8200. The molecule has 0 aliphatic rings. The Morgan fingerprint density at radius 1 is 0.328 bits per heavy atom. The van der Waals surface area contributed by atoms with Gasteiger partial charge in [0.05, 0.1) is 98.0 Å². The maximum Gasteiger partial charge on any atom is 0.318 e. The number of rotatable bonds is 20. The molecule has 44 nitrogen and oxygen atoms in total. The van der Waals surface area contributed by atoms with Gasteiger partial charge in [0.2, 0.25) is 11.8 Å². The van der Waals surface area contributed by atoms with Crippen molar-refractivity contribution in [1.29, 1.82) is 0 Å². The lowest BCUT2D eigenvalue weighted by atomic mass is 10.2. The summed E-state index contributed by atoms with van der Waals surface area (Å²) >= 11 is 19.3. The largest absolute Gasteiger partial charge is 0.497 e. The quantitative estimate of drug-likeness (QED) is 0.0146. The van der Waals surface area contributed by atoms with Crippen LogP contribution in [0.15, 0.2) is 195 Å². The molecule has 0 saturated carbocycles. The summed E-state index contributed by atoms with van der Waals surface area (Å²) in [7, 11) is 4.25. The maximum atomic E-state index is 12.3. The van der Waals surface area contributed by atoms with E-state index in [0.29, 0.717) is 113 Å². The van der Waals surface area contributed by atoms with Crippen LogP contribution in [0, 0.1) is 35.1 Å². The fourth-order valence-corrected chi connectivity index (χ4v) is 16.5. The van der Waals surface area contributed by atoms with Gasteiger partial charge in [0.1, 0.15) is 70.9 Å². The zero-order chi connectivity index (χ0) is 99.2. The van der Waals surface area contributed by atoms with Gasteiger partial charge in [-0.2, -0.15) is 35.7 Å². The Kier molecular flexibility index (Phi) is 32.8. The Labute approximate surface area is 805 Å². The van der Waals surface area contributed by atoms with Gasteiger partial charge in [0.25, 0.3) is 38.9 Å². The molecule has 0 spiro atoms. The first-order valence-electron chi connectivity index (χ1n) is 41.5. The minimum absolute atomic E-state index is 0.0951. The van der Waals surface area contributed by atoms with E-state index < -0.39 is 32.8 Å². The molecule has 712 valence electrons. The van der Waals surface area contributed by atoms with Crippen LogP contribution in [0.25, 0.3) is 100.0 Å². The minimum Gasteiger partial charge on any atom is -0.497 e. The minimum atomic E-state index is -0.494. The monoisotopic (exact) mass is 1990 g/mol. The lowest BCUT2D eigenvalue weighted by Gasteiger charge is -2.09. The first-order valence-corrected chi connectivity index (χ1v) is 46.2. The van der Waals surface area contributed by atoms with Gasteiger partial charge in [-0.3, -0.25) is 67.7 Å². The number of primary amides is 2. The van der Waals surface area contributed by atoms with Crippen molar-refractivity contribution in [2.45, 2.75) is 150 Å². The van der Waals surface area contributed by atoms with Gasteiger partial charge in [-0.15, -0.1) is 0 Å². The summed E-state index contributed by atoms with van der Waals surface area (Å²) in [5, 5.41) is 32.1. The number of amides is 2. The summed E-state index contributed by atoms with van der Waals surface area (Å²) in [4.78, 5) is 173. The van der Waals surface area contributed by atoms with E-state index in [2.05, 4.69) is 110 Å². The van der Waals surface area contributed by atoms with Crippen molar-refractivity contribution in [3.05, 3.63) is 244 Å². The van der Waals surface area contributed by atoms with E-state index in [1.807, 2.05) is 159 Å². The molecule has 0 saturated heterocycles. The molecule has 14 aromatic heterocycles. The van der Waals surface area contributed by atoms with Crippen molar-refractivity contribution in [1.82, 2.24) is 138 Å². The number of aromatic nitrogens is 28. The van der Waals surface area contributed by atoms with Crippen LogP contribution >= 0.6 is 83.7 Å². The number of esters is 2. The molecule has 0 bridgehead atoms. The second-order valence-corrected chi connectivity index (χ2v) is 37.4. The van der Waals surface area contributed by atoms with Gasteiger partial charge in [0.15, 0.2) is 57.5 Å². The Morgan fingerprint density at radius 3 is 0.934 bits per heavy atom. The predicted octanol–water partition coefficient (Wildman–Crippen LogP) is 10.7. The highest BCUT2D eigenvalue weighted by Crippen LogP contribution is 2.28. The molecule has 18 aromatic rings. The third kappa shape index (κ3) is 24.2. The summed E-state index contributed by atoms with van der Waals surface area (Å²) in [5.41, 5.74) is 19.0. The van der Waals surface area contributed by atoms with Crippen molar-refractivity contribution >= 4 is 185 Å². The summed E-state index contributed by atoms with van der Waals surface area (Å²) in [5.74, 6) is -0.954. The third-order valence-electron chi connectivity index (χ3n) is 19.7. The van der Waals surface area contributed by atoms with Crippen molar-refractivity contribution in [2.24, 2.45) is 11.5 Å². The Hall–Kier alpha value is -14.9. The van der Waals surface area contributed by atoms with Gasteiger partial charge >= 0.3 is 11.9 Å². The number of aromatic amines is 10. The predicted molar refractivity (Wildman–Crippen MR) is 530 cm³/mol. The molecular weight excluding hydrogens is 1900 g/mol. The number of nitrogens with one attached hydrogen (secondary N) is 10. The number of thioether (sulfide) groups is 4. The van der Waals surface area contributed by atoms with Crippen molar-refractivity contribution in [3.8, 4) is 28.5 Å². The first kappa shape index (κ1) is 101. The number of H-pyrrole nitrogens is 10. The smallest absolute Gasteiger partial charge is 0.318 e. The summed E-state index contributed by atoms with van der Waals surface area (Å²) < 4.78 is 27.0.